The van der Waals surface area contributed by atoms with Crippen molar-refractivity contribution in [1.82, 2.24) is 5.32 Å². The van der Waals surface area contributed by atoms with E-state index in [1.54, 1.807) is 0 Å². The van der Waals surface area contributed by atoms with Crippen molar-refractivity contribution < 1.29 is 4.79 Å². The summed E-state index contributed by atoms with van der Waals surface area (Å²) in [5.41, 5.74) is 8.16. The van der Waals surface area contributed by atoms with E-state index in [4.69, 9.17) is 5.73 Å². The van der Waals surface area contributed by atoms with Crippen LogP contribution in [-0.2, 0) is 10.5 Å². The van der Waals surface area contributed by atoms with Crippen LogP contribution < -0.4 is 11.1 Å². The van der Waals surface area contributed by atoms with E-state index in [9.17, 15) is 4.79 Å². The molecule has 1 aromatic carbocycles. The molecule has 0 aromatic heterocycles. The summed E-state index contributed by atoms with van der Waals surface area (Å²) in [5, 5.41) is 2.87. The monoisotopic (exact) mass is 302 g/mol. The van der Waals surface area contributed by atoms with Crippen LogP contribution in [0, 0.1) is 6.92 Å². The highest BCUT2D eigenvalue weighted by molar-refractivity contribution is 7.98. The van der Waals surface area contributed by atoms with E-state index in [2.05, 4.69) is 36.5 Å². The van der Waals surface area contributed by atoms with E-state index in [1.807, 2.05) is 18.7 Å². The van der Waals surface area contributed by atoms with Crippen LogP contribution in [0.4, 0.5) is 0 Å². The first-order chi connectivity index (χ1) is 8.58. The Bertz CT molecular complexity index is 368. The zero-order valence-electron chi connectivity index (χ0n) is 11.5. The minimum atomic E-state index is -0.0646. The summed E-state index contributed by atoms with van der Waals surface area (Å²) < 4.78 is 0. The Hall–Kier alpha value is -0.710. The maximum atomic E-state index is 11.3. The Morgan fingerprint density at radius 1 is 1.37 bits per heavy atom. The molecule has 0 fully saturated rings. The molecule has 0 heterocycles. The van der Waals surface area contributed by atoms with Crippen molar-refractivity contribution >= 4 is 30.1 Å². The number of benzene rings is 1. The van der Waals surface area contributed by atoms with Crippen molar-refractivity contribution in [2.45, 2.75) is 32.1 Å². The number of nitrogens with two attached hydrogens (primary N) is 1. The molecule has 1 amide bonds. The van der Waals surface area contributed by atoms with Crippen molar-refractivity contribution in [3.63, 3.8) is 0 Å². The number of hydrogen-bond donors (Lipinski definition) is 2. The SMILES string of the molecule is Cc1ccc(CSCCNC(=O)CC(C)N)cc1.Cl. The lowest BCUT2D eigenvalue weighted by atomic mass is 10.2. The van der Waals surface area contributed by atoms with Crippen molar-refractivity contribution in [3.05, 3.63) is 35.4 Å². The van der Waals surface area contributed by atoms with Crippen molar-refractivity contribution in [2.75, 3.05) is 12.3 Å². The highest BCUT2D eigenvalue weighted by atomic mass is 35.5. The minimum Gasteiger partial charge on any atom is -0.355 e. The molecule has 0 radical (unpaired) electrons. The van der Waals surface area contributed by atoms with E-state index >= 15 is 0 Å². The molecule has 0 saturated carbocycles. The summed E-state index contributed by atoms with van der Waals surface area (Å²) in [4.78, 5) is 11.3. The van der Waals surface area contributed by atoms with E-state index in [0.29, 0.717) is 13.0 Å². The Morgan fingerprint density at radius 2 is 2.00 bits per heavy atom. The van der Waals surface area contributed by atoms with Gasteiger partial charge in [0, 0.05) is 30.5 Å². The number of rotatable bonds is 7. The standard InChI is InChI=1S/C14H22N2OS.ClH/c1-11-3-5-13(6-4-11)10-18-8-7-16-14(17)9-12(2)15;/h3-6,12H,7-10,15H2,1-2H3,(H,16,17);1H. The van der Waals surface area contributed by atoms with Crippen LogP contribution in [-0.4, -0.2) is 24.2 Å². The molecule has 3 N–H and O–H groups in total. The first-order valence-electron chi connectivity index (χ1n) is 6.23. The van der Waals surface area contributed by atoms with Gasteiger partial charge < -0.3 is 11.1 Å². The van der Waals surface area contributed by atoms with Crippen LogP contribution in [0.15, 0.2) is 24.3 Å². The molecule has 5 heteroatoms. The van der Waals surface area contributed by atoms with Crippen molar-refractivity contribution in [1.29, 1.82) is 0 Å². The predicted molar refractivity (Wildman–Crippen MR) is 85.9 cm³/mol. The number of aryl methyl sites for hydroxylation is 1. The van der Waals surface area contributed by atoms with Gasteiger partial charge in [-0.25, -0.2) is 0 Å². The van der Waals surface area contributed by atoms with E-state index in [1.165, 1.54) is 11.1 Å². The molecular weight excluding hydrogens is 280 g/mol. The number of amides is 1. The summed E-state index contributed by atoms with van der Waals surface area (Å²) in [5.74, 6) is 1.96. The van der Waals surface area contributed by atoms with Gasteiger partial charge in [0.1, 0.15) is 0 Å². The topological polar surface area (TPSA) is 55.1 Å². The lowest BCUT2D eigenvalue weighted by molar-refractivity contribution is -0.121. The first kappa shape index (κ1) is 18.3. The number of carbonyl (C=O) groups is 1. The minimum absolute atomic E-state index is 0. The average molecular weight is 303 g/mol. The molecular formula is C14H23ClN2OS. The van der Waals surface area contributed by atoms with E-state index in [-0.39, 0.29) is 24.4 Å². The summed E-state index contributed by atoms with van der Waals surface area (Å²) in [6, 6.07) is 8.49. The number of hydrogen-bond acceptors (Lipinski definition) is 3. The van der Waals surface area contributed by atoms with Gasteiger partial charge in [-0.1, -0.05) is 29.8 Å². The Morgan fingerprint density at radius 3 is 2.58 bits per heavy atom. The number of thioether (sulfide) groups is 1. The number of nitrogens with one attached hydrogen (secondary N) is 1. The third kappa shape index (κ3) is 8.92. The zero-order chi connectivity index (χ0) is 13.4. The van der Waals surface area contributed by atoms with Crippen LogP contribution in [0.2, 0.25) is 0 Å². The van der Waals surface area contributed by atoms with Gasteiger partial charge in [-0.3, -0.25) is 4.79 Å². The highest BCUT2D eigenvalue weighted by Crippen LogP contribution is 2.12. The predicted octanol–water partition coefficient (Wildman–Crippen LogP) is 2.50. The van der Waals surface area contributed by atoms with Crippen LogP contribution in [0.5, 0.6) is 0 Å². The van der Waals surface area contributed by atoms with Crippen LogP contribution in [0.1, 0.15) is 24.5 Å². The molecule has 0 saturated heterocycles. The molecule has 19 heavy (non-hydrogen) atoms. The molecule has 0 aliphatic carbocycles. The maximum Gasteiger partial charge on any atom is 0.221 e. The van der Waals surface area contributed by atoms with Crippen molar-refractivity contribution in [3.8, 4) is 0 Å². The van der Waals surface area contributed by atoms with Crippen LogP contribution in [0.3, 0.4) is 0 Å². The third-order valence-corrected chi connectivity index (χ3v) is 3.50. The summed E-state index contributed by atoms with van der Waals surface area (Å²) in [6.45, 7) is 4.64. The van der Waals surface area contributed by atoms with Crippen LogP contribution in [0.25, 0.3) is 0 Å². The van der Waals surface area contributed by atoms with Gasteiger partial charge in [0.25, 0.3) is 0 Å². The molecule has 0 aliphatic rings. The largest absolute Gasteiger partial charge is 0.355 e. The quantitative estimate of drug-likeness (QED) is 0.761. The van der Waals surface area contributed by atoms with E-state index < -0.39 is 0 Å². The molecule has 108 valence electrons. The number of halogens is 1. The van der Waals surface area contributed by atoms with Gasteiger partial charge in [-0.05, 0) is 19.4 Å². The van der Waals surface area contributed by atoms with Crippen LogP contribution >= 0.6 is 24.2 Å². The highest BCUT2D eigenvalue weighted by Gasteiger charge is 2.03. The summed E-state index contributed by atoms with van der Waals surface area (Å²) in [6.07, 6.45) is 0.405. The lowest BCUT2D eigenvalue weighted by Gasteiger charge is -2.07. The van der Waals surface area contributed by atoms with Gasteiger partial charge in [0.15, 0.2) is 0 Å². The number of carbonyl (C=O) groups excluding carboxylic acids is 1. The third-order valence-electron chi connectivity index (χ3n) is 2.47. The molecule has 1 rings (SSSR count). The van der Waals surface area contributed by atoms with Gasteiger partial charge in [0.2, 0.25) is 5.91 Å². The lowest BCUT2D eigenvalue weighted by Crippen LogP contribution is -2.31. The van der Waals surface area contributed by atoms with Gasteiger partial charge in [-0.2, -0.15) is 11.8 Å². The fourth-order valence-corrected chi connectivity index (χ4v) is 2.32. The molecule has 0 spiro atoms. The molecule has 1 unspecified atom stereocenters. The summed E-state index contributed by atoms with van der Waals surface area (Å²) in [7, 11) is 0. The molecule has 0 bridgehead atoms. The van der Waals surface area contributed by atoms with Gasteiger partial charge in [-0.15, -0.1) is 12.4 Å². The fourth-order valence-electron chi connectivity index (χ4n) is 1.50. The second-order valence-corrected chi connectivity index (χ2v) is 5.67. The smallest absolute Gasteiger partial charge is 0.221 e. The van der Waals surface area contributed by atoms with Gasteiger partial charge >= 0.3 is 0 Å². The maximum absolute atomic E-state index is 11.3. The summed E-state index contributed by atoms with van der Waals surface area (Å²) >= 11 is 1.83. The average Bonchev–Trinajstić information content (AvgIpc) is 2.30. The normalized spacial score (nSPS) is 11.5. The zero-order valence-corrected chi connectivity index (χ0v) is 13.2. The fraction of sp³-hybridized carbons (Fsp3) is 0.500. The van der Waals surface area contributed by atoms with Gasteiger partial charge in [0.05, 0.1) is 0 Å². The molecule has 1 aromatic rings. The first-order valence-corrected chi connectivity index (χ1v) is 7.39. The van der Waals surface area contributed by atoms with Crippen molar-refractivity contribution in [2.24, 2.45) is 5.73 Å². The second kappa shape index (κ2) is 10.1. The molecule has 3 nitrogen and oxygen atoms in total. The van der Waals surface area contributed by atoms with E-state index in [0.717, 1.165) is 11.5 Å². The Kier molecular flexibility index (Phi) is 9.74. The Balaban J connectivity index is 0.00000324. The molecule has 1 atom stereocenters. The Labute approximate surface area is 126 Å². The second-order valence-electron chi connectivity index (χ2n) is 4.57. The molecule has 0 aliphatic heterocycles.